The number of pyridine rings is 1. The fourth-order valence-electron chi connectivity index (χ4n) is 2.93. The summed E-state index contributed by atoms with van der Waals surface area (Å²) in [5, 5.41) is 11.0. The highest BCUT2D eigenvalue weighted by Crippen LogP contribution is 2.37. The van der Waals surface area contributed by atoms with E-state index < -0.39 is 6.09 Å². The third-order valence-electron chi connectivity index (χ3n) is 4.37. The predicted molar refractivity (Wildman–Crippen MR) is 98.6 cm³/mol. The number of carbonyl (C=O) groups is 2. The van der Waals surface area contributed by atoms with E-state index in [4.69, 9.17) is 16.3 Å². The van der Waals surface area contributed by atoms with E-state index in [9.17, 15) is 14.7 Å². The molecular weight excluding hydrogens is 388 g/mol. The molecule has 3 aromatic heterocycles. The maximum atomic E-state index is 12.7. The Kier molecular flexibility index (Phi) is 4.70. The van der Waals surface area contributed by atoms with E-state index in [1.165, 1.54) is 28.1 Å². The monoisotopic (exact) mass is 402 g/mol. The molecule has 1 saturated heterocycles. The van der Waals surface area contributed by atoms with Crippen LogP contribution in [0.25, 0.3) is 16.9 Å². The summed E-state index contributed by atoms with van der Waals surface area (Å²) in [7, 11) is 0. The van der Waals surface area contributed by atoms with Crippen molar-refractivity contribution in [2.75, 3.05) is 26.2 Å². The van der Waals surface area contributed by atoms with Crippen LogP contribution >= 0.6 is 11.6 Å². The van der Waals surface area contributed by atoms with Gasteiger partial charge in [0.2, 0.25) is 18.2 Å². The number of hydrogen-bond donors (Lipinski definition) is 1. The van der Waals surface area contributed by atoms with Gasteiger partial charge in [-0.05, 0) is 12.1 Å². The van der Waals surface area contributed by atoms with E-state index in [2.05, 4.69) is 15.0 Å². The first-order valence-corrected chi connectivity index (χ1v) is 8.78. The van der Waals surface area contributed by atoms with Gasteiger partial charge < -0.3 is 19.6 Å². The fourth-order valence-corrected chi connectivity index (χ4v) is 3.04. The van der Waals surface area contributed by atoms with E-state index in [1.807, 2.05) is 0 Å². The molecule has 0 radical (unpaired) electrons. The van der Waals surface area contributed by atoms with Gasteiger partial charge in [-0.1, -0.05) is 11.6 Å². The Bertz CT molecular complexity index is 1030. The Morgan fingerprint density at radius 2 is 1.82 bits per heavy atom. The fraction of sp³-hybridized carbons (Fsp3) is 0.235. The zero-order valence-electron chi connectivity index (χ0n) is 14.5. The smallest absolute Gasteiger partial charge is 0.416 e. The second-order valence-corrected chi connectivity index (χ2v) is 6.49. The van der Waals surface area contributed by atoms with Crippen LogP contribution in [0.4, 0.5) is 4.79 Å². The highest BCUT2D eigenvalue weighted by molar-refractivity contribution is 6.30. The average molecular weight is 403 g/mol. The maximum absolute atomic E-state index is 12.7. The molecule has 11 heteroatoms. The molecule has 28 heavy (non-hydrogen) atoms. The Labute approximate surface area is 163 Å². The maximum Gasteiger partial charge on any atom is 0.416 e. The molecule has 1 N–H and O–H groups in total. The summed E-state index contributed by atoms with van der Waals surface area (Å²) in [5.41, 5.74) is 0.393. The van der Waals surface area contributed by atoms with Crippen LogP contribution in [-0.4, -0.2) is 73.1 Å². The van der Waals surface area contributed by atoms with Gasteiger partial charge in [0.15, 0.2) is 11.0 Å². The minimum atomic E-state index is -0.620. The lowest BCUT2D eigenvalue weighted by molar-refractivity contribution is -0.119. The normalized spacial score (nSPS) is 14.3. The number of carbonyl (C=O) groups excluding carboxylic acids is 2. The van der Waals surface area contributed by atoms with Crippen molar-refractivity contribution < 1.29 is 19.4 Å². The zero-order chi connectivity index (χ0) is 19.7. The lowest BCUT2D eigenvalue weighted by Crippen LogP contribution is -2.49. The van der Waals surface area contributed by atoms with Gasteiger partial charge in [-0.2, -0.15) is 0 Å². The molecule has 0 spiro atoms. The second-order valence-electron chi connectivity index (χ2n) is 6.05. The molecule has 0 unspecified atom stereocenters. The second kappa shape index (κ2) is 7.31. The van der Waals surface area contributed by atoms with Crippen molar-refractivity contribution in [3.8, 4) is 17.6 Å². The zero-order valence-corrected chi connectivity index (χ0v) is 15.3. The first-order valence-electron chi connectivity index (χ1n) is 8.41. The van der Waals surface area contributed by atoms with Gasteiger partial charge in [0.05, 0.1) is 5.02 Å². The van der Waals surface area contributed by atoms with Crippen molar-refractivity contribution in [2.45, 2.75) is 0 Å². The molecule has 144 valence electrons. The first-order chi connectivity index (χ1) is 13.6. The van der Waals surface area contributed by atoms with Gasteiger partial charge in [0.25, 0.3) is 0 Å². The summed E-state index contributed by atoms with van der Waals surface area (Å²) in [4.78, 5) is 39.0. The van der Waals surface area contributed by atoms with Crippen molar-refractivity contribution in [3.63, 3.8) is 0 Å². The van der Waals surface area contributed by atoms with Crippen LogP contribution < -0.4 is 4.74 Å². The quantitative estimate of drug-likeness (QED) is 0.659. The molecule has 3 aromatic rings. The molecule has 0 atom stereocenters. The van der Waals surface area contributed by atoms with Crippen molar-refractivity contribution in [3.05, 3.63) is 35.7 Å². The lowest BCUT2D eigenvalue weighted by Gasteiger charge is -2.31. The minimum Gasteiger partial charge on any atom is -0.493 e. The molecule has 4 rings (SSSR count). The molecule has 1 aliphatic heterocycles. The highest BCUT2D eigenvalue weighted by Gasteiger charge is 2.28. The number of fused-ring (bicyclic) bond motifs is 1. The largest absolute Gasteiger partial charge is 0.493 e. The van der Waals surface area contributed by atoms with E-state index in [0.29, 0.717) is 31.2 Å². The third-order valence-corrected chi connectivity index (χ3v) is 4.60. The van der Waals surface area contributed by atoms with Crippen LogP contribution in [-0.2, 0) is 4.79 Å². The molecule has 0 bridgehead atoms. The third kappa shape index (κ3) is 3.18. The van der Waals surface area contributed by atoms with Gasteiger partial charge >= 0.3 is 6.09 Å². The topological polar surface area (TPSA) is 114 Å². The van der Waals surface area contributed by atoms with Crippen LogP contribution in [0.5, 0.6) is 11.8 Å². The highest BCUT2D eigenvalue weighted by atomic mass is 35.5. The van der Waals surface area contributed by atoms with E-state index in [1.54, 1.807) is 17.0 Å². The van der Waals surface area contributed by atoms with Crippen molar-refractivity contribution >= 4 is 35.1 Å². The Hall–Kier alpha value is -3.40. The first kappa shape index (κ1) is 18.0. The number of rotatable bonds is 3. The van der Waals surface area contributed by atoms with Gasteiger partial charge in [-0.15, -0.1) is 0 Å². The Balaban J connectivity index is 1.71. The summed E-state index contributed by atoms with van der Waals surface area (Å²) >= 11 is 5.89. The number of amides is 2. The number of ether oxygens (including phenoxy) is 1. The van der Waals surface area contributed by atoms with Crippen LogP contribution in [0.15, 0.2) is 30.7 Å². The van der Waals surface area contributed by atoms with E-state index in [-0.39, 0.29) is 28.6 Å². The molecule has 0 aromatic carbocycles. The summed E-state index contributed by atoms with van der Waals surface area (Å²) < 4.78 is 6.83. The number of aromatic nitrogens is 4. The van der Waals surface area contributed by atoms with Crippen LogP contribution in [0.3, 0.4) is 0 Å². The number of nitrogens with zero attached hydrogens (tertiary/aromatic N) is 6. The molecule has 0 aliphatic carbocycles. The van der Waals surface area contributed by atoms with Crippen molar-refractivity contribution in [2.24, 2.45) is 0 Å². The van der Waals surface area contributed by atoms with Gasteiger partial charge in [0.1, 0.15) is 5.82 Å². The summed E-state index contributed by atoms with van der Waals surface area (Å²) in [6.07, 6.45) is 4.40. The molecular formula is C17H15ClN6O4. The van der Waals surface area contributed by atoms with Crippen LogP contribution in [0.1, 0.15) is 0 Å². The van der Waals surface area contributed by atoms with Crippen molar-refractivity contribution in [1.82, 2.24) is 29.3 Å². The van der Waals surface area contributed by atoms with Crippen LogP contribution in [0.2, 0.25) is 5.02 Å². The van der Waals surface area contributed by atoms with E-state index >= 15 is 0 Å². The summed E-state index contributed by atoms with van der Waals surface area (Å²) in [6, 6.07) is 3.17. The summed E-state index contributed by atoms with van der Waals surface area (Å²) in [5.74, 6) is 0.0278. The molecule has 0 saturated carbocycles. The summed E-state index contributed by atoms with van der Waals surface area (Å²) in [6.45, 7) is 1.52. The van der Waals surface area contributed by atoms with Gasteiger partial charge in [0, 0.05) is 44.8 Å². The molecule has 10 nitrogen and oxygen atoms in total. The lowest BCUT2D eigenvalue weighted by atomic mass is 10.3. The number of aromatic hydroxyl groups is 1. The number of piperazine rings is 1. The molecule has 1 fully saturated rings. The predicted octanol–water partition coefficient (Wildman–Crippen LogP) is 1.45. The van der Waals surface area contributed by atoms with E-state index in [0.717, 1.165) is 6.41 Å². The molecule has 2 amide bonds. The number of halogens is 1. The Morgan fingerprint density at radius 3 is 2.46 bits per heavy atom. The minimum absolute atomic E-state index is 0.00163. The van der Waals surface area contributed by atoms with Gasteiger partial charge in [-0.25, -0.2) is 24.3 Å². The van der Waals surface area contributed by atoms with Gasteiger partial charge in [-0.3, -0.25) is 4.79 Å². The molecule has 1 aliphatic rings. The standard InChI is InChI=1S/C17H15ClN6O4/c18-11-1-2-12(21-9-11)24-15(26)13-14(20-4-3-19-13)16(24)28-17(27)23-7-5-22(10-25)6-8-23/h1-4,9-10,26H,5-8H2. The number of hydrogen-bond acceptors (Lipinski definition) is 7. The Morgan fingerprint density at radius 1 is 1.11 bits per heavy atom. The average Bonchev–Trinajstić information content (AvgIpc) is 3.01. The molecule has 4 heterocycles. The van der Waals surface area contributed by atoms with Crippen LogP contribution in [0, 0.1) is 0 Å². The SMILES string of the molecule is O=CN1CCN(C(=O)Oc2c3nccnc3c(O)n2-c2ccc(Cl)cn2)CC1. The van der Waals surface area contributed by atoms with Crippen molar-refractivity contribution in [1.29, 1.82) is 0 Å².